The monoisotopic (exact) mass is 275 g/mol. The molecule has 0 saturated carbocycles. The van der Waals surface area contributed by atoms with E-state index in [9.17, 15) is 4.79 Å². The SMILES string of the molecule is Cc1ccc(C)c(CC(=O)c2cccc3cnccc23)c1. The molecule has 0 unspecified atom stereocenters. The van der Waals surface area contributed by atoms with Crippen LogP contribution in [-0.2, 0) is 6.42 Å². The van der Waals surface area contributed by atoms with Crippen LogP contribution in [0.2, 0.25) is 0 Å². The summed E-state index contributed by atoms with van der Waals surface area (Å²) < 4.78 is 0. The van der Waals surface area contributed by atoms with Crippen LogP contribution >= 0.6 is 0 Å². The molecule has 3 rings (SSSR count). The van der Waals surface area contributed by atoms with Crippen LogP contribution in [0.5, 0.6) is 0 Å². The summed E-state index contributed by atoms with van der Waals surface area (Å²) in [7, 11) is 0. The summed E-state index contributed by atoms with van der Waals surface area (Å²) in [6.07, 6.45) is 3.97. The van der Waals surface area contributed by atoms with E-state index in [2.05, 4.69) is 37.0 Å². The van der Waals surface area contributed by atoms with Gasteiger partial charge in [-0.25, -0.2) is 0 Å². The van der Waals surface area contributed by atoms with Gasteiger partial charge in [-0.05, 0) is 36.4 Å². The van der Waals surface area contributed by atoms with Crippen molar-refractivity contribution in [3.8, 4) is 0 Å². The van der Waals surface area contributed by atoms with Crippen LogP contribution in [0.3, 0.4) is 0 Å². The van der Waals surface area contributed by atoms with Crippen LogP contribution in [0.4, 0.5) is 0 Å². The summed E-state index contributed by atoms with van der Waals surface area (Å²) in [5.74, 6) is 0.153. The number of aryl methyl sites for hydroxylation is 2. The van der Waals surface area contributed by atoms with Gasteiger partial charge in [-0.3, -0.25) is 9.78 Å². The van der Waals surface area contributed by atoms with E-state index >= 15 is 0 Å². The van der Waals surface area contributed by atoms with Gasteiger partial charge in [0.05, 0.1) is 0 Å². The highest BCUT2D eigenvalue weighted by Crippen LogP contribution is 2.20. The van der Waals surface area contributed by atoms with Crippen molar-refractivity contribution in [2.24, 2.45) is 0 Å². The summed E-state index contributed by atoms with van der Waals surface area (Å²) in [6, 6.07) is 14.0. The molecule has 2 heteroatoms. The van der Waals surface area contributed by atoms with Crippen LogP contribution in [-0.4, -0.2) is 10.8 Å². The molecular weight excluding hydrogens is 258 g/mol. The second kappa shape index (κ2) is 5.49. The summed E-state index contributed by atoms with van der Waals surface area (Å²) >= 11 is 0. The van der Waals surface area contributed by atoms with E-state index in [-0.39, 0.29) is 5.78 Å². The standard InChI is InChI=1S/C19H17NO/c1-13-6-7-14(2)16(10-13)11-19(21)18-5-3-4-15-12-20-9-8-17(15)18/h3-10,12H,11H2,1-2H3. The average Bonchev–Trinajstić information content (AvgIpc) is 2.50. The molecule has 2 nitrogen and oxygen atoms in total. The van der Waals surface area contributed by atoms with E-state index < -0.39 is 0 Å². The fraction of sp³-hybridized carbons (Fsp3) is 0.158. The predicted octanol–water partition coefficient (Wildman–Crippen LogP) is 4.28. The van der Waals surface area contributed by atoms with Gasteiger partial charge < -0.3 is 0 Å². The predicted molar refractivity (Wildman–Crippen MR) is 85.7 cm³/mol. The van der Waals surface area contributed by atoms with Crippen LogP contribution in [0.1, 0.15) is 27.0 Å². The third kappa shape index (κ3) is 2.70. The zero-order chi connectivity index (χ0) is 14.8. The minimum atomic E-state index is 0.153. The minimum absolute atomic E-state index is 0.153. The van der Waals surface area contributed by atoms with Crippen molar-refractivity contribution in [3.63, 3.8) is 0 Å². The molecule has 0 radical (unpaired) electrons. The van der Waals surface area contributed by atoms with Crippen LogP contribution in [0, 0.1) is 13.8 Å². The number of hydrogen-bond acceptors (Lipinski definition) is 2. The number of Topliss-reactive ketones (excluding diaryl/α,β-unsaturated/α-hetero) is 1. The molecule has 1 heterocycles. The van der Waals surface area contributed by atoms with Crippen molar-refractivity contribution < 1.29 is 4.79 Å². The Kier molecular flexibility index (Phi) is 3.53. The lowest BCUT2D eigenvalue weighted by Gasteiger charge is -2.08. The Balaban J connectivity index is 1.99. The number of carbonyl (C=O) groups is 1. The van der Waals surface area contributed by atoms with Crippen LogP contribution in [0.25, 0.3) is 10.8 Å². The van der Waals surface area contributed by atoms with Crippen molar-refractivity contribution in [2.75, 3.05) is 0 Å². The Labute approximate surface area is 124 Å². The lowest BCUT2D eigenvalue weighted by molar-refractivity contribution is 0.0994. The van der Waals surface area contributed by atoms with Crippen molar-refractivity contribution >= 4 is 16.6 Å². The molecule has 1 aromatic heterocycles. The van der Waals surface area contributed by atoms with E-state index in [1.54, 1.807) is 12.4 Å². The number of carbonyl (C=O) groups excluding carboxylic acids is 1. The quantitative estimate of drug-likeness (QED) is 0.668. The van der Waals surface area contributed by atoms with E-state index in [0.717, 1.165) is 27.5 Å². The van der Waals surface area contributed by atoms with Gasteiger partial charge in [0.2, 0.25) is 0 Å². The van der Waals surface area contributed by atoms with Gasteiger partial charge in [0.15, 0.2) is 5.78 Å². The molecule has 0 aliphatic rings. The Morgan fingerprint density at radius 2 is 1.95 bits per heavy atom. The number of aromatic nitrogens is 1. The molecule has 0 saturated heterocycles. The number of rotatable bonds is 3. The van der Waals surface area contributed by atoms with Gasteiger partial charge in [0, 0.05) is 29.8 Å². The Morgan fingerprint density at radius 1 is 1.10 bits per heavy atom. The van der Waals surface area contributed by atoms with E-state index in [1.165, 1.54) is 5.56 Å². The van der Waals surface area contributed by atoms with Crippen LogP contribution < -0.4 is 0 Å². The molecule has 0 aliphatic heterocycles. The third-order valence-corrected chi connectivity index (χ3v) is 3.84. The molecule has 2 aromatic carbocycles. The molecule has 21 heavy (non-hydrogen) atoms. The second-order valence-electron chi connectivity index (χ2n) is 5.43. The maximum atomic E-state index is 12.7. The molecule has 0 spiro atoms. The second-order valence-corrected chi connectivity index (χ2v) is 5.43. The average molecular weight is 275 g/mol. The Hall–Kier alpha value is -2.48. The first-order valence-electron chi connectivity index (χ1n) is 7.07. The van der Waals surface area contributed by atoms with Gasteiger partial charge in [0.1, 0.15) is 0 Å². The third-order valence-electron chi connectivity index (χ3n) is 3.84. The molecule has 3 aromatic rings. The Bertz CT molecular complexity index is 815. The first-order valence-corrected chi connectivity index (χ1v) is 7.07. The largest absolute Gasteiger partial charge is 0.294 e. The van der Waals surface area contributed by atoms with Gasteiger partial charge in [0.25, 0.3) is 0 Å². The molecule has 0 atom stereocenters. The van der Waals surface area contributed by atoms with Gasteiger partial charge in [-0.2, -0.15) is 0 Å². The van der Waals surface area contributed by atoms with Gasteiger partial charge in [-0.1, -0.05) is 42.0 Å². The molecule has 0 N–H and O–H groups in total. The summed E-state index contributed by atoms with van der Waals surface area (Å²) in [5, 5.41) is 1.98. The fourth-order valence-corrected chi connectivity index (χ4v) is 2.62. The zero-order valence-corrected chi connectivity index (χ0v) is 12.3. The minimum Gasteiger partial charge on any atom is -0.294 e. The lowest BCUT2D eigenvalue weighted by atomic mass is 9.95. The topological polar surface area (TPSA) is 30.0 Å². The van der Waals surface area contributed by atoms with Gasteiger partial charge >= 0.3 is 0 Å². The number of ketones is 1. The van der Waals surface area contributed by atoms with Crippen molar-refractivity contribution in [1.29, 1.82) is 0 Å². The first kappa shape index (κ1) is 13.5. The molecule has 0 aliphatic carbocycles. The fourth-order valence-electron chi connectivity index (χ4n) is 2.62. The smallest absolute Gasteiger partial charge is 0.167 e. The van der Waals surface area contributed by atoms with Gasteiger partial charge in [-0.15, -0.1) is 0 Å². The lowest BCUT2D eigenvalue weighted by Crippen LogP contribution is -2.06. The highest BCUT2D eigenvalue weighted by Gasteiger charge is 2.12. The summed E-state index contributed by atoms with van der Waals surface area (Å²) in [6.45, 7) is 4.10. The number of nitrogens with zero attached hydrogens (tertiary/aromatic N) is 1. The van der Waals surface area contributed by atoms with Crippen molar-refractivity contribution in [2.45, 2.75) is 20.3 Å². The molecular formula is C19H17NO. The molecule has 104 valence electrons. The number of fused-ring (bicyclic) bond motifs is 1. The van der Waals surface area contributed by atoms with E-state index in [1.807, 2.05) is 24.3 Å². The highest BCUT2D eigenvalue weighted by atomic mass is 16.1. The normalized spacial score (nSPS) is 10.8. The summed E-state index contributed by atoms with van der Waals surface area (Å²) in [4.78, 5) is 16.8. The first-order chi connectivity index (χ1) is 10.1. The summed E-state index contributed by atoms with van der Waals surface area (Å²) in [5.41, 5.74) is 4.23. The highest BCUT2D eigenvalue weighted by molar-refractivity contribution is 6.08. The number of pyridine rings is 1. The van der Waals surface area contributed by atoms with Crippen LogP contribution in [0.15, 0.2) is 54.9 Å². The number of benzene rings is 2. The van der Waals surface area contributed by atoms with E-state index in [0.29, 0.717) is 6.42 Å². The van der Waals surface area contributed by atoms with E-state index in [4.69, 9.17) is 0 Å². The maximum absolute atomic E-state index is 12.7. The van der Waals surface area contributed by atoms with Crippen molar-refractivity contribution in [1.82, 2.24) is 4.98 Å². The molecule has 0 bridgehead atoms. The Morgan fingerprint density at radius 3 is 2.81 bits per heavy atom. The number of hydrogen-bond donors (Lipinski definition) is 0. The zero-order valence-electron chi connectivity index (χ0n) is 12.3. The maximum Gasteiger partial charge on any atom is 0.167 e. The molecule has 0 fully saturated rings. The van der Waals surface area contributed by atoms with Crippen molar-refractivity contribution in [3.05, 3.63) is 77.1 Å². The molecule has 0 amide bonds.